The lowest BCUT2D eigenvalue weighted by Crippen LogP contribution is -2.70. The van der Waals surface area contributed by atoms with Crippen molar-refractivity contribution < 1.29 is 47.2 Å². The maximum atomic E-state index is 12.6. The normalized spacial score (nSPS) is 50.0. The Morgan fingerprint density at radius 2 is 1.63 bits per heavy atom. The van der Waals surface area contributed by atoms with E-state index in [9.17, 15) is 14.4 Å². The average molecular weight is 573 g/mol. The van der Waals surface area contributed by atoms with Gasteiger partial charge in [0.2, 0.25) is 6.29 Å². The fourth-order valence-corrected chi connectivity index (χ4v) is 10.3. The molecule has 3 saturated heterocycles. The first-order valence-corrected chi connectivity index (χ1v) is 14.8. The van der Waals surface area contributed by atoms with E-state index in [4.69, 9.17) is 32.8 Å². The van der Waals surface area contributed by atoms with Crippen LogP contribution in [0.5, 0.6) is 0 Å². The molecule has 3 aliphatic heterocycles. The second-order valence-corrected chi connectivity index (χ2v) is 14.1. The molecule has 10 heteroatoms. The fraction of sp³-hybridized carbons (Fsp3) is 0.774. The van der Waals surface area contributed by atoms with Crippen molar-refractivity contribution in [3.05, 3.63) is 24.2 Å². The predicted molar refractivity (Wildman–Crippen MR) is 140 cm³/mol. The third-order valence-corrected chi connectivity index (χ3v) is 11.8. The van der Waals surface area contributed by atoms with Crippen LogP contribution >= 0.6 is 0 Å². The molecule has 6 fully saturated rings. The van der Waals surface area contributed by atoms with Gasteiger partial charge in [-0.05, 0) is 37.2 Å². The molecule has 10 nitrogen and oxygen atoms in total. The summed E-state index contributed by atoms with van der Waals surface area (Å²) in [4.78, 5) is 36.9. The van der Waals surface area contributed by atoms with Gasteiger partial charge in [-0.15, -0.1) is 0 Å². The third kappa shape index (κ3) is 3.50. The minimum atomic E-state index is -0.899. The van der Waals surface area contributed by atoms with E-state index >= 15 is 0 Å². The monoisotopic (exact) mass is 572 g/mol. The second-order valence-electron chi connectivity index (χ2n) is 14.1. The first-order chi connectivity index (χ1) is 19.3. The molecule has 41 heavy (non-hydrogen) atoms. The molecule has 4 heterocycles. The number of hydrogen-bond donors (Lipinski definition) is 0. The van der Waals surface area contributed by atoms with Crippen LogP contribution in [0.1, 0.15) is 79.4 Å². The number of epoxide rings is 2. The number of fused-ring (bicyclic) bond motifs is 5. The van der Waals surface area contributed by atoms with Gasteiger partial charge < -0.3 is 32.8 Å². The van der Waals surface area contributed by atoms with Gasteiger partial charge in [0.05, 0.1) is 24.7 Å². The first-order valence-electron chi connectivity index (χ1n) is 14.8. The van der Waals surface area contributed by atoms with Crippen molar-refractivity contribution in [1.82, 2.24) is 0 Å². The van der Waals surface area contributed by atoms with Gasteiger partial charge in [-0.2, -0.15) is 0 Å². The Morgan fingerprint density at radius 3 is 2.27 bits per heavy atom. The molecule has 13 unspecified atom stereocenters. The van der Waals surface area contributed by atoms with Crippen LogP contribution in [0.4, 0.5) is 0 Å². The Hall–Kier alpha value is -2.43. The Morgan fingerprint density at radius 1 is 0.927 bits per heavy atom. The van der Waals surface area contributed by atoms with Crippen LogP contribution < -0.4 is 0 Å². The molecule has 0 N–H and O–H groups in total. The largest absolute Gasteiger partial charge is 0.472 e. The summed E-state index contributed by atoms with van der Waals surface area (Å²) in [6.07, 6.45) is 2.57. The third-order valence-electron chi connectivity index (χ3n) is 11.8. The van der Waals surface area contributed by atoms with Gasteiger partial charge in [0.25, 0.3) is 0 Å². The first kappa shape index (κ1) is 27.4. The molecule has 0 aromatic carbocycles. The summed E-state index contributed by atoms with van der Waals surface area (Å²) in [6, 6.07) is 1.88. The lowest BCUT2D eigenvalue weighted by molar-refractivity contribution is -0.265. The van der Waals surface area contributed by atoms with E-state index in [1.165, 1.54) is 20.8 Å². The van der Waals surface area contributed by atoms with Crippen LogP contribution in [0.15, 0.2) is 23.0 Å². The van der Waals surface area contributed by atoms with Crippen molar-refractivity contribution in [2.24, 2.45) is 34.0 Å². The topological polar surface area (TPSA) is 126 Å². The van der Waals surface area contributed by atoms with Gasteiger partial charge in [0.15, 0.2) is 6.10 Å². The molecule has 0 amide bonds. The average Bonchev–Trinajstić information content (AvgIpc) is 3.77. The van der Waals surface area contributed by atoms with Crippen LogP contribution in [-0.4, -0.2) is 60.3 Å². The maximum absolute atomic E-state index is 12.6. The van der Waals surface area contributed by atoms with Gasteiger partial charge in [-0.3, -0.25) is 14.4 Å². The number of esters is 3. The van der Waals surface area contributed by atoms with Crippen molar-refractivity contribution in [2.75, 3.05) is 0 Å². The van der Waals surface area contributed by atoms with Crippen LogP contribution in [0.3, 0.4) is 0 Å². The highest BCUT2D eigenvalue weighted by Gasteiger charge is 2.86. The lowest BCUT2D eigenvalue weighted by atomic mass is 9.39. The highest BCUT2D eigenvalue weighted by Crippen LogP contribution is 2.78. The van der Waals surface area contributed by atoms with E-state index in [1.807, 2.05) is 6.07 Å². The summed E-state index contributed by atoms with van der Waals surface area (Å²) in [5.74, 6) is -1.17. The smallest absolute Gasteiger partial charge is 0.305 e. The van der Waals surface area contributed by atoms with E-state index in [0.717, 1.165) is 18.4 Å². The second kappa shape index (κ2) is 8.57. The van der Waals surface area contributed by atoms with E-state index in [-0.39, 0.29) is 53.4 Å². The SMILES string of the molecule is CC(=O)OC1CC2C(C)(C)C(OC(C)=O)C3OC3C2(C)C2CCC3(C)C(c4ccoc4)OC(OC(C)=O)C4OC43C12. The Balaban J connectivity index is 1.35. The predicted octanol–water partition coefficient (Wildman–Crippen LogP) is 4.11. The van der Waals surface area contributed by atoms with E-state index in [1.54, 1.807) is 12.5 Å². The van der Waals surface area contributed by atoms with Gasteiger partial charge in [0.1, 0.15) is 23.9 Å². The Kier molecular flexibility index (Phi) is 5.73. The summed E-state index contributed by atoms with van der Waals surface area (Å²) in [5.41, 5.74) is -1.10. The number of rotatable bonds is 4. The highest BCUT2D eigenvalue weighted by atomic mass is 16.8. The van der Waals surface area contributed by atoms with Crippen molar-refractivity contribution in [3.8, 4) is 0 Å². The molecule has 0 bridgehead atoms. The van der Waals surface area contributed by atoms with Crippen LogP contribution in [0.25, 0.3) is 0 Å². The highest BCUT2D eigenvalue weighted by molar-refractivity contribution is 5.67. The molecule has 6 aliphatic rings. The van der Waals surface area contributed by atoms with Crippen molar-refractivity contribution in [1.29, 1.82) is 0 Å². The minimum Gasteiger partial charge on any atom is -0.472 e. The van der Waals surface area contributed by atoms with Crippen LogP contribution in [0, 0.1) is 34.0 Å². The molecule has 1 aromatic rings. The Labute approximate surface area is 239 Å². The van der Waals surface area contributed by atoms with Crippen molar-refractivity contribution in [2.45, 2.75) is 116 Å². The van der Waals surface area contributed by atoms with E-state index in [0.29, 0.717) is 6.42 Å². The zero-order chi connectivity index (χ0) is 29.3. The summed E-state index contributed by atoms with van der Waals surface area (Å²) in [7, 11) is 0. The van der Waals surface area contributed by atoms with Crippen molar-refractivity contribution >= 4 is 17.9 Å². The zero-order valence-corrected chi connectivity index (χ0v) is 24.7. The summed E-state index contributed by atoms with van der Waals surface area (Å²) in [5, 5.41) is 0. The molecule has 1 spiro atoms. The molecular formula is C31H40O10. The molecule has 1 aromatic heterocycles. The molecule has 7 rings (SSSR count). The summed E-state index contributed by atoms with van der Waals surface area (Å²) < 4.78 is 42.9. The van der Waals surface area contributed by atoms with Crippen LogP contribution in [0.2, 0.25) is 0 Å². The summed E-state index contributed by atoms with van der Waals surface area (Å²) >= 11 is 0. The molecule has 13 atom stereocenters. The maximum Gasteiger partial charge on any atom is 0.305 e. The zero-order valence-electron chi connectivity index (χ0n) is 24.7. The van der Waals surface area contributed by atoms with Gasteiger partial charge in [0, 0.05) is 48.5 Å². The van der Waals surface area contributed by atoms with Crippen LogP contribution in [-0.2, 0) is 42.8 Å². The lowest BCUT2D eigenvalue weighted by Gasteiger charge is -2.65. The molecule has 3 aliphatic carbocycles. The van der Waals surface area contributed by atoms with E-state index < -0.39 is 47.0 Å². The number of furan rings is 1. The standard InChI is InChI=1S/C31H40O10/c1-14(32)36-19-12-20-28(4,5)24(37-15(2)33)22-25(39-22)30(20,7)18-8-10-29(6)23(17-9-11-35-13-17)40-27(38-16(3)34)26-31(29,41-26)21(18)19/h9,11,13,18-27H,8,10,12H2,1-7H3. The molecule has 224 valence electrons. The number of ether oxygens (including phenoxy) is 6. The molecule has 3 saturated carbocycles. The van der Waals surface area contributed by atoms with Crippen molar-refractivity contribution in [3.63, 3.8) is 0 Å². The number of carbonyl (C=O) groups is 3. The molecular weight excluding hydrogens is 532 g/mol. The summed E-state index contributed by atoms with van der Waals surface area (Å²) in [6.45, 7) is 13.0. The van der Waals surface area contributed by atoms with E-state index in [2.05, 4.69) is 27.7 Å². The number of carbonyl (C=O) groups excluding carboxylic acids is 3. The van der Waals surface area contributed by atoms with Gasteiger partial charge in [-0.1, -0.05) is 27.7 Å². The van der Waals surface area contributed by atoms with Gasteiger partial charge >= 0.3 is 17.9 Å². The Bertz CT molecular complexity index is 1270. The minimum absolute atomic E-state index is 0.0560. The quantitative estimate of drug-likeness (QED) is 0.296. The fourth-order valence-electron chi connectivity index (χ4n) is 10.3. The molecule has 0 radical (unpaired) electrons. The van der Waals surface area contributed by atoms with Gasteiger partial charge in [-0.25, -0.2) is 0 Å². The number of hydrogen-bond acceptors (Lipinski definition) is 10.